The summed E-state index contributed by atoms with van der Waals surface area (Å²) in [6.07, 6.45) is 0.146. The molecule has 0 aliphatic carbocycles. The van der Waals surface area contributed by atoms with Crippen LogP contribution in [0.15, 0.2) is 22.7 Å². The monoisotopic (exact) mass is 298 g/mol. The Morgan fingerprint density at radius 1 is 1.45 bits per heavy atom. The Morgan fingerprint density at radius 3 is 2.85 bits per heavy atom. The van der Waals surface area contributed by atoms with Gasteiger partial charge in [0.25, 0.3) is 0 Å². The Labute approximate surface area is 121 Å². The van der Waals surface area contributed by atoms with Gasteiger partial charge in [0.2, 0.25) is 5.89 Å². The maximum atomic E-state index is 13.7. The molecule has 1 atom stereocenters. The van der Waals surface area contributed by atoms with Gasteiger partial charge < -0.3 is 15.2 Å². The molecule has 1 aromatic heterocycles. The molecular weight excluding hydrogens is 283 g/mol. The van der Waals surface area contributed by atoms with Crippen molar-refractivity contribution in [3.63, 3.8) is 0 Å². The number of hydrogen-bond donors (Lipinski definition) is 1. The maximum Gasteiger partial charge on any atom is 0.231 e. The molecular formula is C13H16ClFN4O. The third-order valence-electron chi connectivity index (χ3n) is 2.77. The second-order valence-electron chi connectivity index (χ2n) is 4.79. The zero-order chi connectivity index (χ0) is 14.7. The predicted molar refractivity (Wildman–Crippen MR) is 74.0 cm³/mol. The molecule has 1 aromatic carbocycles. The summed E-state index contributed by atoms with van der Waals surface area (Å²) in [4.78, 5) is 6.11. The highest BCUT2D eigenvalue weighted by Gasteiger charge is 2.17. The van der Waals surface area contributed by atoms with E-state index < -0.39 is 5.82 Å². The summed E-state index contributed by atoms with van der Waals surface area (Å²) < 4.78 is 18.8. The number of nitrogens with two attached hydrogens (primary N) is 1. The van der Waals surface area contributed by atoms with E-state index in [0.717, 1.165) is 0 Å². The molecule has 108 valence electrons. The average molecular weight is 299 g/mol. The minimum Gasteiger partial charge on any atom is -0.339 e. The zero-order valence-corrected chi connectivity index (χ0v) is 12.1. The second-order valence-corrected chi connectivity index (χ2v) is 5.20. The van der Waals surface area contributed by atoms with Crippen molar-refractivity contribution in [1.82, 2.24) is 15.0 Å². The lowest BCUT2D eigenvalue weighted by molar-refractivity contribution is 0.348. The van der Waals surface area contributed by atoms with Crippen molar-refractivity contribution in [2.24, 2.45) is 5.73 Å². The van der Waals surface area contributed by atoms with Crippen molar-refractivity contribution >= 4 is 11.6 Å². The Hall–Kier alpha value is -1.50. The predicted octanol–water partition coefficient (Wildman–Crippen LogP) is 2.01. The van der Waals surface area contributed by atoms with Gasteiger partial charge in [0.1, 0.15) is 5.82 Å². The first-order valence-corrected chi connectivity index (χ1v) is 6.51. The summed E-state index contributed by atoms with van der Waals surface area (Å²) in [5.41, 5.74) is 6.27. The lowest BCUT2D eigenvalue weighted by Gasteiger charge is -2.12. The van der Waals surface area contributed by atoms with Crippen LogP contribution in [0.3, 0.4) is 0 Å². The highest BCUT2D eigenvalue weighted by Crippen LogP contribution is 2.22. The zero-order valence-electron chi connectivity index (χ0n) is 11.3. The molecule has 7 heteroatoms. The molecule has 0 amide bonds. The number of benzene rings is 1. The molecule has 2 aromatic rings. The molecule has 0 aliphatic heterocycles. The molecule has 1 heterocycles. The minimum atomic E-state index is -0.394. The quantitative estimate of drug-likeness (QED) is 0.914. The van der Waals surface area contributed by atoms with Gasteiger partial charge in [-0.2, -0.15) is 4.98 Å². The number of likely N-dealkylation sites (N-methyl/N-ethyl adjacent to an activating group) is 1. The fraction of sp³-hybridized carbons (Fsp3) is 0.385. The highest BCUT2D eigenvalue weighted by molar-refractivity contribution is 6.31. The number of rotatable bonds is 5. The molecule has 0 bridgehead atoms. The van der Waals surface area contributed by atoms with Gasteiger partial charge in [0, 0.05) is 17.1 Å². The third kappa shape index (κ3) is 3.53. The van der Waals surface area contributed by atoms with E-state index in [1.807, 2.05) is 19.0 Å². The molecule has 5 nitrogen and oxygen atoms in total. The standard InChI is InChI=1S/C13H16ClFN4O/c1-19(2)7-11(16)13-17-12(20-18-13)6-8-9(14)4-3-5-10(8)15/h3-5,11H,6-7,16H2,1-2H3. The minimum absolute atomic E-state index is 0.146. The Kier molecular flexibility index (Phi) is 4.69. The van der Waals surface area contributed by atoms with E-state index in [9.17, 15) is 4.39 Å². The molecule has 0 radical (unpaired) electrons. The average Bonchev–Trinajstić information content (AvgIpc) is 2.82. The van der Waals surface area contributed by atoms with Crippen LogP contribution in [-0.2, 0) is 6.42 Å². The van der Waals surface area contributed by atoms with Gasteiger partial charge in [-0.25, -0.2) is 4.39 Å². The first kappa shape index (κ1) is 14.9. The van der Waals surface area contributed by atoms with Gasteiger partial charge in [-0.3, -0.25) is 0 Å². The summed E-state index contributed by atoms with van der Waals surface area (Å²) in [5.74, 6) is 0.303. The van der Waals surface area contributed by atoms with Crippen molar-refractivity contribution in [3.8, 4) is 0 Å². The molecule has 0 spiro atoms. The fourth-order valence-electron chi connectivity index (χ4n) is 1.82. The van der Waals surface area contributed by atoms with Gasteiger partial charge in [-0.05, 0) is 26.2 Å². The van der Waals surface area contributed by atoms with Gasteiger partial charge in [0.15, 0.2) is 5.82 Å². The molecule has 2 N–H and O–H groups in total. The normalized spacial score (nSPS) is 12.9. The van der Waals surface area contributed by atoms with E-state index in [1.165, 1.54) is 6.07 Å². The number of halogens is 2. The van der Waals surface area contributed by atoms with Gasteiger partial charge >= 0.3 is 0 Å². The first-order valence-electron chi connectivity index (χ1n) is 6.13. The maximum absolute atomic E-state index is 13.7. The van der Waals surface area contributed by atoms with Crippen LogP contribution < -0.4 is 5.73 Å². The molecule has 0 aliphatic rings. The van der Waals surface area contributed by atoms with Crippen molar-refractivity contribution in [3.05, 3.63) is 46.3 Å². The number of nitrogens with zero attached hydrogens (tertiary/aromatic N) is 3. The molecule has 20 heavy (non-hydrogen) atoms. The Morgan fingerprint density at radius 2 is 2.20 bits per heavy atom. The van der Waals surface area contributed by atoms with Crippen LogP contribution in [0.25, 0.3) is 0 Å². The van der Waals surface area contributed by atoms with Gasteiger partial charge in [-0.15, -0.1) is 0 Å². The van der Waals surface area contributed by atoms with Crippen molar-refractivity contribution in [1.29, 1.82) is 0 Å². The van der Waals surface area contributed by atoms with Crippen LogP contribution >= 0.6 is 11.6 Å². The smallest absolute Gasteiger partial charge is 0.231 e. The Bertz CT molecular complexity index is 567. The van der Waals surface area contributed by atoms with Crippen molar-refractivity contribution in [2.75, 3.05) is 20.6 Å². The number of aromatic nitrogens is 2. The molecule has 2 rings (SSSR count). The van der Waals surface area contributed by atoms with Gasteiger partial charge in [0.05, 0.1) is 12.5 Å². The molecule has 0 saturated heterocycles. The van der Waals surface area contributed by atoms with E-state index in [-0.39, 0.29) is 12.5 Å². The SMILES string of the molecule is CN(C)CC(N)c1noc(Cc2c(F)cccc2Cl)n1. The van der Waals surface area contributed by atoms with Crippen LogP contribution in [0.2, 0.25) is 5.02 Å². The summed E-state index contributed by atoms with van der Waals surface area (Å²) in [5, 5.41) is 4.16. The highest BCUT2D eigenvalue weighted by atomic mass is 35.5. The number of hydrogen-bond acceptors (Lipinski definition) is 5. The second kappa shape index (κ2) is 6.30. The summed E-state index contributed by atoms with van der Waals surface area (Å²) in [6, 6.07) is 4.16. The van der Waals surface area contributed by atoms with E-state index >= 15 is 0 Å². The summed E-state index contributed by atoms with van der Waals surface area (Å²) in [7, 11) is 3.81. The molecule has 0 fully saturated rings. The lowest BCUT2D eigenvalue weighted by atomic mass is 10.1. The van der Waals surface area contributed by atoms with Gasteiger partial charge in [-0.1, -0.05) is 22.8 Å². The van der Waals surface area contributed by atoms with Crippen molar-refractivity contribution < 1.29 is 8.91 Å². The third-order valence-corrected chi connectivity index (χ3v) is 3.12. The van der Waals surface area contributed by atoms with Crippen LogP contribution in [0.1, 0.15) is 23.3 Å². The van der Waals surface area contributed by atoms with E-state index in [1.54, 1.807) is 12.1 Å². The Balaban J connectivity index is 2.14. The van der Waals surface area contributed by atoms with Crippen LogP contribution in [0.5, 0.6) is 0 Å². The lowest BCUT2D eigenvalue weighted by Crippen LogP contribution is -2.26. The van der Waals surface area contributed by atoms with Crippen molar-refractivity contribution in [2.45, 2.75) is 12.5 Å². The summed E-state index contributed by atoms with van der Waals surface area (Å²) in [6.45, 7) is 0.597. The largest absolute Gasteiger partial charge is 0.339 e. The molecule has 0 saturated carbocycles. The van der Waals surface area contributed by atoms with E-state index in [2.05, 4.69) is 10.1 Å². The van der Waals surface area contributed by atoms with Crippen LogP contribution in [0, 0.1) is 5.82 Å². The van der Waals surface area contributed by atoms with E-state index in [4.69, 9.17) is 21.9 Å². The first-order chi connectivity index (χ1) is 9.47. The van der Waals surface area contributed by atoms with Crippen LogP contribution in [-0.4, -0.2) is 35.7 Å². The van der Waals surface area contributed by atoms with E-state index in [0.29, 0.717) is 28.8 Å². The topological polar surface area (TPSA) is 68.2 Å². The molecule has 1 unspecified atom stereocenters. The summed E-state index contributed by atoms with van der Waals surface area (Å²) >= 11 is 5.96. The van der Waals surface area contributed by atoms with Crippen LogP contribution in [0.4, 0.5) is 4.39 Å². The fourth-order valence-corrected chi connectivity index (χ4v) is 2.05.